The van der Waals surface area contributed by atoms with Crippen LogP contribution in [0, 0.1) is 6.92 Å². The normalized spacial score (nSPS) is 17.8. The molecule has 146 valence electrons. The highest BCUT2D eigenvalue weighted by Crippen LogP contribution is 2.24. The molecule has 0 aliphatic heterocycles. The zero-order valence-corrected chi connectivity index (χ0v) is 17.0. The number of carbonyl (C=O) groups is 1. The minimum absolute atomic E-state index is 0.149. The first kappa shape index (κ1) is 20.7. The number of nitrogens with zero attached hydrogens (tertiary/aromatic N) is 1. The summed E-state index contributed by atoms with van der Waals surface area (Å²) in [4.78, 5) is 13.0. The molecule has 5 nitrogen and oxygen atoms in total. The van der Waals surface area contributed by atoms with Gasteiger partial charge in [0.05, 0.1) is 11.9 Å². The summed E-state index contributed by atoms with van der Waals surface area (Å²) in [5.41, 5.74) is 1.51. The summed E-state index contributed by atoms with van der Waals surface area (Å²) in [7, 11) is -3.57. The molecule has 0 spiro atoms. The molecule has 1 unspecified atom stereocenters. The minimum Gasteiger partial charge on any atom is -0.352 e. The molecule has 0 saturated heterocycles. The second kappa shape index (κ2) is 9.40. The van der Waals surface area contributed by atoms with E-state index in [0.717, 1.165) is 31.2 Å². The number of aryl methyl sites for hydroxylation is 1. The molecule has 1 atom stereocenters. The van der Waals surface area contributed by atoms with E-state index in [4.69, 9.17) is 0 Å². The SMILES string of the molecule is CCC(C(=O)NC1CCCCCCC1)N(c1cccc(C)c1)S(C)(=O)=O. The molecule has 1 aliphatic carbocycles. The van der Waals surface area contributed by atoms with Crippen molar-refractivity contribution in [3.05, 3.63) is 29.8 Å². The number of rotatable bonds is 6. The van der Waals surface area contributed by atoms with Gasteiger partial charge in [0.15, 0.2) is 0 Å². The summed E-state index contributed by atoms with van der Waals surface area (Å²) < 4.78 is 26.2. The lowest BCUT2D eigenvalue weighted by atomic mass is 9.96. The van der Waals surface area contributed by atoms with E-state index < -0.39 is 16.1 Å². The summed E-state index contributed by atoms with van der Waals surface area (Å²) in [5.74, 6) is -0.190. The molecule has 0 bridgehead atoms. The molecule has 6 heteroatoms. The third-order valence-electron chi connectivity index (χ3n) is 5.04. The summed E-state index contributed by atoms with van der Waals surface area (Å²) in [6, 6.07) is 6.72. The molecule has 1 saturated carbocycles. The zero-order chi connectivity index (χ0) is 19.2. The van der Waals surface area contributed by atoms with Crippen LogP contribution in [0.25, 0.3) is 0 Å². The Balaban J connectivity index is 2.22. The molecule has 2 rings (SSSR count). The van der Waals surface area contributed by atoms with E-state index in [9.17, 15) is 13.2 Å². The Morgan fingerprint density at radius 2 is 1.81 bits per heavy atom. The third-order valence-corrected chi connectivity index (χ3v) is 6.22. The summed E-state index contributed by atoms with van der Waals surface area (Å²) >= 11 is 0. The number of carbonyl (C=O) groups excluding carboxylic acids is 1. The van der Waals surface area contributed by atoms with Gasteiger partial charge in [-0.2, -0.15) is 0 Å². The minimum atomic E-state index is -3.57. The van der Waals surface area contributed by atoms with E-state index in [2.05, 4.69) is 5.32 Å². The fraction of sp³-hybridized carbons (Fsp3) is 0.650. The largest absolute Gasteiger partial charge is 0.352 e. The van der Waals surface area contributed by atoms with Gasteiger partial charge in [0, 0.05) is 6.04 Å². The van der Waals surface area contributed by atoms with E-state index >= 15 is 0 Å². The van der Waals surface area contributed by atoms with E-state index in [-0.39, 0.29) is 11.9 Å². The van der Waals surface area contributed by atoms with Gasteiger partial charge in [0.1, 0.15) is 6.04 Å². The van der Waals surface area contributed by atoms with Crippen molar-refractivity contribution in [1.29, 1.82) is 0 Å². The second-order valence-electron chi connectivity index (χ2n) is 7.37. The van der Waals surface area contributed by atoms with Crippen LogP contribution in [0.2, 0.25) is 0 Å². The number of benzene rings is 1. The monoisotopic (exact) mass is 380 g/mol. The molecule has 0 heterocycles. The molecule has 1 aromatic carbocycles. The molecule has 26 heavy (non-hydrogen) atoms. The first-order chi connectivity index (χ1) is 12.3. The first-order valence-electron chi connectivity index (χ1n) is 9.69. The number of anilines is 1. The lowest BCUT2D eigenvalue weighted by Gasteiger charge is -2.32. The average molecular weight is 381 g/mol. The molecular formula is C20H32N2O3S. The Kier molecular flexibility index (Phi) is 7.50. The Morgan fingerprint density at radius 3 is 2.35 bits per heavy atom. The lowest BCUT2D eigenvalue weighted by Crippen LogP contribution is -2.51. The van der Waals surface area contributed by atoms with Crippen LogP contribution in [-0.4, -0.2) is 32.7 Å². The fourth-order valence-corrected chi connectivity index (χ4v) is 4.93. The maximum Gasteiger partial charge on any atom is 0.244 e. The Bertz CT molecular complexity index is 695. The van der Waals surface area contributed by atoms with Crippen molar-refractivity contribution >= 4 is 21.6 Å². The quantitative estimate of drug-likeness (QED) is 0.817. The molecule has 0 aromatic heterocycles. The van der Waals surface area contributed by atoms with Crippen LogP contribution >= 0.6 is 0 Å². The molecule has 1 amide bonds. The Hall–Kier alpha value is -1.56. The van der Waals surface area contributed by atoms with Gasteiger partial charge in [-0.15, -0.1) is 0 Å². The van der Waals surface area contributed by atoms with Gasteiger partial charge in [-0.25, -0.2) is 8.42 Å². The highest BCUT2D eigenvalue weighted by atomic mass is 32.2. The predicted molar refractivity (Wildman–Crippen MR) is 107 cm³/mol. The number of hydrogen-bond donors (Lipinski definition) is 1. The number of amides is 1. The molecule has 1 fully saturated rings. The van der Waals surface area contributed by atoms with Crippen LogP contribution in [-0.2, 0) is 14.8 Å². The lowest BCUT2D eigenvalue weighted by molar-refractivity contribution is -0.123. The van der Waals surface area contributed by atoms with Crippen molar-refractivity contribution in [2.75, 3.05) is 10.6 Å². The molecule has 1 aromatic rings. The Labute approximate surface area is 158 Å². The van der Waals surface area contributed by atoms with Crippen LogP contribution in [0.4, 0.5) is 5.69 Å². The summed E-state index contributed by atoms with van der Waals surface area (Å²) in [5, 5.41) is 3.13. The summed E-state index contributed by atoms with van der Waals surface area (Å²) in [6.07, 6.45) is 9.49. The van der Waals surface area contributed by atoms with Gasteiger partial charge in [0.2, 0.25) is 15.9 Å². The van der Waals surface area contributed by atoms with Crippen molar-refractivity contribution < 1.29 is 13.2 Å². The highest BCUT2D eigenvalue weighted by molar-refractivity contribution is 7.92. The number of hydrogen-bond acceptors (Lipinski definition) is 3. The average Bonchev–Trinajstić information content (AvgIpc) is 2.53. The third kappa shape index (κ3) is 5.73. The zero-order valence-electron chi connectivity index (χ0n) is 16.2. The summed E-state index contributed by atoms with van der Waals surface area (Å²) in [6.45, 7) is 3.77. The first-order valence-corrected chi connectivity index (χ1v) is 11.5. The van der Waals surface area contributed by atoms with Crippen LogP contribution in [0.1, 0.15) is 63.9 Å². The standard InChI is InChI=1S/C20H32N2O3S/c1-4-19(20(23)21-17-12-8-6-5-7-9-13-17)22(26(3,24)25)18-14-10-11-16(2)15-18/h10-11,14-15,17,19H,4-9,12-13H2,1-3H3,(H,21,23). The van der Waals surface area contributed by atoms with E-state index in [1.807, 2.05) is 32.0 Å². The maximum atomic E-state index is 13.0. The molecule has 0 radical (unpaired) electrons. The van der Waals surface area contributed by atoms with Crippen LogP contribution in [0.15, 0.2) is 24.3 Å². The molecular weight excluding hydrogens is 348 g/mol. The maximum absolute atomic E-state index is 13.0. The topological polar surface area (TPSA) is 66.5 Å². The van der Waals surface area contributed by atoms with Crippen LogP contribution < -0.4 is 9.62 Å². The fourth-order valence-electron chi connectivity index (χ4n) is 3.72. The second-order valence-corrected chi connectivity index (χ2v) is 9.23. The van der Waals surface area contributed by atoms with Gasteiger partial charge in [-0.3, -0.25) is 9.10 Å². The van der Waals surface area contributed by atoms with Crippen LogP contribution in [0.3, 0.4) is 0 Å². The van der Waals surface area contributed by atoms with Gasteiger partial charge >= 0.3 is 0 Å². The number of sulfonamides is 1. The molecule has 1 N–H and O–H groups in total. The van der Waals surface area contributed by atoms with Crippen molar-refractivity contribution in [3.63, 3.8) is 0 Å². The van der Waals surface area contributed by atoms with Crippen LogP contribution in [0.5, 0.6) is 0 Å². The Morgan fingerprint density at radius 1 is 1.19 bits per heavy atom. The van der Waals surface area contributed by atoms with Gasteiger partial charge < -0.3 is 5.32 Å². The van der Waals surface area contributed by atoms with E-state index in [1.165, 1.54) is 29.8 Å². The smallest absolute Gasteiger partial charge is 0.244 e. The van der Waals surface area contributed by atoms with Crippen molar-refractivity contribution in [2.45, 2.75) is 77.3 Å². The van der Waals surface area contributed by atoms with Crippen molar-refractivity contribution in [2.24, 2.45) is 0 Å². The van der Waals surface area contributed by atoms with E-state index in [0.29, 0.717) is 12.1 Å². The molecule has 1 aliphatic rings. The predicted octanol–water partition coefficient (Wildman–Crippen LogP) is 3.77. The number of nitrogens with one attached hydrogen (secondary N) is 1. The highest BCUT2D eigenvalue weighted by Gasteiger charge is 2.32. The van der Waals surface area contributed by atoms with Gasteiger partial charge in [-0.05, 0) is 43.9 Å². The van der Waals surface area contributed by atoms with Gasteiger partial charge in [0.25, 0.3) is 0 Å². The van der Waals surface area contributed by atoms with E-state index in [1.54, 1.807) is 6.07 Å². The van der Waals surface area contributed by atoms with Crippen molar-refractivity contribution in [3.8, 4) is 0 Å². The van der Waals surface area contributed by atoms with Gasteiger partial charge in [-0.1, -0.05) is 51.2 Å². The van der Waals surface area contributed by atoms with Crippen molar-refractivity contribution in [1.82, 2.24) is 5.32 Å².